The Kier molecular flexibility index (Phi) is 4.52. The summed E-state index contributed by atoms with van der Waals surface area (Å²) >= 11 is 0. The number of methoxy groups -OCH3 is 1. The minimum absolute atomic E-state index is 0.0189. The molecule has 0 amide bonds. The van der Waals surface area contributed by atoms with Gasteiger partial charge in [-0.25, -0.2) is 0 Å². The van der Waals surface area contributed by atoms with E-state index in [4.69, 9.17) is 18.9 Å². The van der Waals surface area contributed by atoms with Gasteiger partial charge < -0.3 is 18.9 Å². The van der Waals surface area contributed by atoms with E-state index in [1.165, 1.54) is 6.26 Å². The van der Waals surface area contributed by atoms with Gasteiger partial charge in [-0.2, -0.15) is 0 Å². The molecule has 2 aromatic heterocycles. The molecule has 2 heterocycles. The van der Waals surface area contributed by atoms with Crippen LogP contribution in [0.2, 0.25) is 0 Å². The lowest BCUT2D eigenvalue weighted by Gasteiger charge is -2.11. The molecule has 0 radical (unpaired) electrons. The van der Waals surface area contributed by atoms with Crippen molar-refractivity contribution in [2.45, 2.75) is 25.7 Å². The molecule has 1 N–H and O–H groups in total. The first kappa shape index (κ1) is 14.3. The SMILES string of the molecule is COCCC(CC(=O)O)c1noc(-c2ccon2)c1C. The van der Waals surface area contributed by atoms with E-state index < -0.39 is 5.97 Å². The second-order valence-electron chi connectivity index (χ2n) is 4.48. The molecule has 0 aromatic carbocycles. The van der Waals surface area contributed by atoms with Gasteiger partial charge in [0.2, 0.25) is 0 Å². The quantitative estimate of drug-likeness (QED) is 0.830. The molecule has 0 aliphatic rings. The summed E-state index contributed by atoms with van der Waals surface area (Å²) in [4.78, 5) is 11.0. The van der Waals surface area contributed by atoms with Crippen LogP contribution in [0.1, 0.15) is 30.0 Å². The molecule has 7 heteroatoms. The van der Waals surface area contributed by atoms with Crippen molar-refractivity contribution in [2.24, 2.45) is 0 Å². The number of aromatic nitrogens is 2. The van der Waals surface area contributed by atoms with Crippen LogP contribution in [-0.2, 0) is 9.53 Å². The first-order valence-electron chi connectivity index (χ1n) is 6.21. The molecule has 1 unspecified atom stereocenters. The highest BCUT2D eigenvalue weighted by molar-refractivity contribution is 5.68. The summed E-state index contributed by atoms with van der Waals surface area (Å²) < 4.78 is 15.1. The zero-order valence-corrected chi connectivity index (χ0v) is 11.3. The van der Waals surface area contributed by atoms with Crippen LogP contribution in [0, 0.1) is 6.92 Å². The second kappa shape index (κ2) is 6.33. The third kappa shape index (κ3) is 3.05. The largest absolute Gasteiger partial charge is 0.481 e. The van der Waals surface area contributed by atoms with Crippen molar-refractivity contribution in [3.8, 4) is 11.5 Å². The third-order valence-corrected chi connectivity index (χ3v) is 3.11. The van der Waals surface area contributed by atoms with Crippen molar-refractivity contribution < 1.29 is 23.7 Å². The van der Waals surface area contributed by atoms with Gasteiger partial charge in [0.05, 0.1) is 12.1 Å². The van der Waals surface area contributed by atoms with E-state index in [0.29, 0.717) is 30.2 Å². The number of hydrogen-bond acceptors (Lipinski definition) is 6. The van der Waals surface area contributed by atoms with Crippen LogP contribution >= 0.6 is 0 Å². The van der Waals surface area contributed by atoms with Gasteiger partial charge in [0.25, 0.3) is 0 Å². The minimum Gasteiger partial charge on any atom is -0.481 e. The predicted octanol–water partition coefficient (Wildman–Crippen LogP) is 2.23. The maximum Gasteiger partial charge on any atom is 0.304 e. The van der Waals surface area contributed by atoms with E-state index in [0.717, 1.165) is 5.56 Å². The second-order valence-corrected chi connectivity index (χ2v) is 4.48. The van der Waals surface area contributed by atoms with E-state index in [-0.39, 0.29) is 12.3 Å². The maximum absolute atomic E-state index is 11.0. The molecule has 2 rings (SSSR count). The van der Waals surface area contributed by atoms with Crippen molar-refractivity contribution >= 4 is 5.97 Å². The van der Waals surface area contributed by atoms with Gasteiger partial charge in [-0.15, -0.1) is 0 Å². The first-order valence-corrected chi connectivity index (χ1v) is 6.21. The Labute approximate surface area is 115 Å². The van der Waals surface area contributed by atoms with Gasteiger partial charge in [0.1, 0.15) is 6.26 Å². The number of carboxylic acids is 1. The molecule has 2 aromatic rings. The summed E-state index contributed by atoms with van der Waals surface area (Å²) in [6.45, 7) is 2.29. The van der Waals surface area contributed by atoms with E-state index in [1.54, 1.807) is 13.2 Å². The number of carbonyl (C=O) groups is 1. The Morgan fingerprint density at radius 1 is 1.50 bits per heavy atom. The number of nitrogens with zero attached hydrogens (tertiary/aromatic N) is 2. The number of ether oxygens (including phenoxy) is 1. The summed E-state index contributed by atoms with van der Waals surface area (Å²) in [5.74, 6) is -0.630. The summed E-state index contributed by atoms with van der Waals surface area (Å²) in [7, 11) is 1.58. The van der Waals surface area contributed by atoms with Gasteiger partial charge in [-0.05, 0) is 13.3 Å². The predicted molar refractivity (Wildman–Crippen MR) is 68.2 cm³/mol. The van der Waals surface area contributed by atoms with Crippen LogP contribution in [0.5, 0.6) is 0 Å². The summed E-state index contributed by atoms with van der Waals surface area (Å²) in [6.07, 6.45) is 1.99. The van der Waals surface area contributed by atoms with Crippen LogP contribution in [0.15, 0.2) is 21.4 Å². The fraction of sp³-hybridized carbons (Fsp3) is 0.462. The molecule has 20 heavy (non-hydrogen) atoms. The average Bonchev–Trinajstić information content (AvgIpc) is 3.03. The molecule has 108 valence electrons. The maximum atomic E-state index is 11.0. The highest BCUT2D eigenvalue weighted by Crippen LogP contribution is 2.31. The lowest BCUT2D eigenvalue weighted by atomic mass is 9.94. The van der Waals surface area contributed by atoms with E-state index in [9.17, 15) is 4.79 Å². The molecule has 7 nitrogen and oxygen atoms in total. The molecule has 0 saturated heterocycles. The lowest BCUT2D eigenvalue weighted by Crippen LogP contribution is -2.10. The van der Waals surface area contributed by atoms with E-state index in [1.807, 2.05) is 6.92 Å². The van der Waals surface area contributed by atoms with Crippen molar-refractivity contribution in [2.75, 3.05) is 13.7 Å². The number of rotatable bonds is 7. The monoisotopic (exact) mass is 280 g/mol. The highest BCUT2D eigenvalue weighted by atomic mass is 16.5. The summed E-state index contributed by atoms with van der Waals surface area (Å²) in [5.41, 5.74) is 1.95. The Hall–Kier alpha value is -2.15. The van der Waals surface area contributed by atoms with Crippen molar-refractivity contribution in [3.05, 3.63) is 23.6 Å². The third-order valence-electron chi connectivity index (χ3n) is 3.11. The van der Waals surface area contributed by atoms with Crippen LogP contribution in [0.4, 0.5) is 0 Å². The van der Waals surface area contributed by atoms with Gasteiger partial charge >= 0.3 is 5.97 Å². The molecule has 0 spiro atoms. The van der Waals surface area contributed by atoms with Crippen LogP contribution in [-0.4, -0.2) is 35.1 Å². The Balaban J connectivity index is 2.27. The van der Waals surface area contributed by atoms with E-state index >= 15 is 0 Å². The standard InChI is InChI=1S/C13H16N2O5/c1-8-12(9(3-5-18-2)7-11(16)17)15-20-13(8)10-4-6-19-14-10/h4,6,9H,3,5,7H2,1-2H3,(H,16,17). The van der Waals surface area contributed by atoms with Crippen molar-refractivity contribution in [3.63, 3.8) is 0 Å². The molecule has 0 aliphatic carbocycles. The molecule has 0 fully saturated rings. The minimum atomic E-state index is -0.878. The number of aliphatic carboxylic acids is 1. The number of carboxylic acid groups (broad SMARTS) is 1. The van der Waals surface area contributed by atoms with Gasteiger partial charge in [-0.1, -0.05) is 10.3 Å². The van der Waals surface area contributed by atoms with Crippen LogP contribution < -0.4 is 0 Å². The highest BCUT2D eigenvalue weighted by Gasteiger charge is 2.24. The molecular formula is C13H16N2O5. The van der Waals surface area contributed by atoms with Crippen molar-refractivity contribution in [1.82, 2.24) is 10.3 Å². The fourth-order valence-corrected chi connectivity index (χ4v) is 2.10. The molecular weight excluding hydrogens is 264 g/mol. The Morgan fingerprint density at radius 2 is 2.30 bits per heavy atom. The van der Waals surface area contributed by atoms with Gasteiger partial charge in [-0.3, -0.25) is 4.79 Å². The summed E-state index contributed by atoms with van der Waals surface area (Å²) in [5, 5.41) is 16.8. The van der Waals surface area contributed by atoms with Crippen LogP contribution in [0.25, 0.3) is 11.5 Å². The topological polar surface area (TPSA) is 98.6 Å². The lowest BCUT2D eigenvalue weighted by molar-refractivity contribution is -0.137. The Bertz CT molecular complexity index is 561. The van der Waals surface area contributed by atoms with E-state index in [2.05, 4.69) is 10.3 Å². The first-order chi connectivity index (χ1) is 9.63. The molecule has 1 atom stereocenters. The molecule has 0 saturated carbocycles. The van der Waals surface area contributed by atoms with Crippen LogP contribution in [0.3, 0.4) is 0 Å². The smallest absolute Gasteiger partial charge is 0.304 e. The van der Waals surface area contributed by atoms with Gasteiger partial charge in [0, 0.05) is 31.3 Å². The van der Waals surface area contributed by atoms with Crippen molar-refractivity contribution in [1.29, 1.82) is 0 Å². The zero-order valence-electron chi connectivity index (χ0n) is 11.3. The normalized spacial score (nSPS) is 12.5. The average molecular weight is 280 g/mol. The molecule has 0 aliphatic heterocycles. The molecule has 0 bridgehead atoms. The summed E-state index contributed by atoms with van der Waals surface area (Å²) in [6, 6.07) is 1.67. The Morgan fingerprint density at radius 3 is 2.90 bits per heavy atom. The number of hydrogen-bond donors (Lipinski definition) is 1. The zero-order chi connectivity index (χ0) is 14.5. The fourth-order valence-electron chi connectivity index (χ4n) is 2.10. The van der Waals surface area contributed by atoms with Gasteiger partial charge in [0.15, 0.2) is 11.5 Å².